The Morgan fingerprint density at radius 3 is 2.56 bits per heavy atom. The van der Waals surface area contributed by atoms with Crippen molar-refractivity contribution < 1.29 is 13.5 Å². The second-order valence-electron chi connectivity index (χ2n) is 9.23. The van der Waals surface area contributed by atoms with E-state index >= 15 is 0 Å². The van der Waals surface area contributed by atoms with Gasteiger partial charge in [-0.25, -0.2) is 9.97 Å². The second kappa shape index (κ2) is 11.2. The highest BCUT2D eigenvalue weighted by atomic mass is 127. The van der Waals surface area contributed by atoms with Crippen molar-refractivity contribution in [3.63, 3.8) is 0 Å². The van der Waals surface area contributed by atoms with Crippen molar-refractivity contribution in [3.8, 4) is 34.3 Å². The van der Waals surface area contributed by atoms with Crippen LogP contribution in [-0.4, -0.2) is 29.4 Å². The molecule has 0 atom stereocenters. The van der Waals surface area contributed by atoms with Gasteiger partial charge in [-0.15, -0.1) is 0 Å². The zero-order chi connectivity index (χ0) is 28.4. The lowest BCUT2D eigenvalue weighted by molar-refractivity contribution is 0.123. The molecule has 3 aromatic carbocycles. The van der Waals surface area contributed by atoms with Gasteiger partial charge in [0.25, 0.3) is 0 Å². The number of benzene rings is 3. The maximum absolute atomic E-state index is 14.9. The normalized spacial score (nSPS) is 11.6. The van der Waals surface area contributed by atoms with Gasteiger partial charge < -0.3 is 20.0 Å². The molecule has 3 aromatic heterocycles. The number of H-pyrrole nitrogens is 2. The van der Waals surface area contributed by atoms with Crippen LogP contribution in [0, 0.1) is 0 Å². The highest BCUT2D eigenvalue weighted by Crippen LogP contribution is 2.43. The van der Waals surface area contributed by atoms with E-state index in [-0.39, 0.29) is 17.2 Å². The largest absolute Gasteiger partial charge is 0.457 e. The number of nitrogens with one attached hydrogen (secondary N) is 3. The van der Waals surface area contributed by atoms with Gasteiger partial charge in [0.05, 0.1) is 16.7 Å². The summed E-state index contributed by atoms with van der Waals surface area (Å²) in [5.74, 6) is 1.92. The molecule has 0 radical (unpaired) electrons. The maximum Gasteiger partial charge on any atom is 0.332 e. The minimum absolute atomic E-state index is 0.192. The van der Waals surface area contributed by atoms with Crippen molar-refractivity contribution in [3.05, 3.63) is 102 Å². The van der Waals surface area contributed by atoms with E-state index in [0.717, 1.165) is 23.1 Å². The van der Waals surface area contributed by atoms with E-state index in [1.807, 2.05) is 36.4 Å². The smallest absolute Gasteiger partial charge is 0.332 e. The van der Waals surface area contributed by atoms with Crippen molar-refractivity contribution in [1.82, 2.24) is 24.9 Å². The molecule has 0 aliphatic heterocycles. The first-order valence-electron chi connectivity index (χ1n) is 12.8. The Morgan fingerprint density at radius 1 is 0.927 bits per heavy atom. The molecule has 206 valence electrons. The summed E-state index contributed by atoms with van der Waals surface area (Å²) in [5, 5.41) is 3.31. The number of rotatable bonds is 9. The number of nitrogens with zero attached hydrogens (tertiary/aromatic N) is 3. The molecule has 6 rings (SSSR count). The Kier molecular flexibility index (Phi) is 7.31. The molecule has 0 spiro atoms. The summed E-state index contributed by atoms with van der Waals surface area (Å²) < 4.78 is 36.3. The lowest BCUT2D eigenvalue weighted by Gasteiger charge is -2.10. The van der Waals surface area contributed by atoms with Crippen molar-refractivity contribution in [2.75, 3.05) is 5.32 Å². The molecular weight excluding hydrogens is 637 g/mol. The number of hydrogen-bond donors (Lipinski definition) is 3. The van der Waals surface area contributed by atoms with Gasteiger partial charge in [-0.05, 0) is 63.0 Å². The third-order valence-corrected chi connectivity index (χ3v) is 7.96. The highest BCUT2D eigenvalue weighted by molar-refractivity contribution is 14.2. The molecule has 3 heterocycles. The van der Waals surface area contributed by atoms with Crippen LogP contribution < -0.4 is 10.1 Å². The van der Waals surface area contributed by atoms with E-state index < -0.39 is 24.7 Å². The Balaban J connectivity index is 1.26. The summed E-state index contributed by atoms with van der Waals surface area (Å²) in [7, 11) is 0. The van der Waals surface area contributed by atoms with Crippen LogP contribution in [0.25, 0.3) is 33.8 Å². The summed E-state index contributed by atoms with van der Waals surface area (Å²) in [6.45, 7) is 2.12. The Labute approximate surface area is 244 Å². The van der Waals surface area contributed by atoms with Gasteiger partial charge in [0, 0.05) is 29.6 Å². The first-order valence-corrected chi connectivity index (χ1v) is 15.5. The van der Waals surface area contributed by atoms with Gasteiger partial charge in [-0.2, -0.15) is 8.78 Å². The average molecular weight is 662 g/mol. The number of hydrogen-bond acceptors (Lipinski definition) is 5. The molecule has 0 aliphatic carbocycles. The SMILES string of the molecule is C=IC(F)(F)c1[nH]c(-c2cc(Oc3ccc4nc(Nc5cccc(CC)c5)[nH]c4c3)ccn2)nc1-c1ccccc1. The molecule has 3 N–H and O–H groups in total. The van der Waals surface area contributed by atoms with Crippen molar-refractivity contribution in [2.45, 2.75) is 17.3 Å². The monoisotopic (exact) mass is 662 g/mol. The van der Waals surface area contributed by atoms with Crippen LogP contribution in [0.2, 0.25) is 0 Å². The number of aryl methyl sites for hydroxylation is 1. The van der Waals surface area contributed by atoms with Crippen LogP contribution in [-0.2, 0) is 10.4 Å². The number of aromatic amines is 2. The maximum atomic E-state index is 14.9. The topological polar surface area (TPSA) is 91.5 Å². The number of ether oxygens (including phenoxy) is 1. The van der Waals surface area contributed by atoms with Gasteiger partial charge in [0.2, 0.25) is 5.95 Å². The standard InChI is InChI=1S/C31H25F2IN6O/c1-3-19-8-7-11-21(16-19)36-30-37-24-13-12-22(17-25(24)38-30)41-23-14-15-35-26(18-23)29-39-27(20-9-5-4-6-10-20)28(40-29)31(32,33)34-2/h4-18H,2-3H2,1H3,(H,39,40)(H2,36,37,38). The van der Waals surface area contributed by atoms with Crippen LogP contribution in [0.1, 0.15) is 18.2 Å². The van der Waals surface area contributed by atoms with Crippen molar-refractivity contribution >= 4 is 47.9 Å². The van der Waals surface area contributed by atoms with Crippen molar-refractivity contribution in [2.24, 2.45) is 0 Å². The van der Waals surface area contributed by atoms with Crippen molar-refractivity contribution in [1.29, 1.82) is 0 Å². The molecule has 10 heteroatoms. The summed E-state index contributed by atoms with van der Waals surface area (Å²) in [5.41, 5.74) is 4.69. The number of halogens is 3. The number of fused-ring (bicyclic) bond motifs is 1. The molecule has 0 amide bonds. The summed E-state index contributed by atoms with van der Waals surface area (Å²) >= 11 is -1.67. The van der Waals surface area contributed by atoms with Gasteiger partial charge in [-0.1, -0.05) is 53.9 Å². The van der Waals surface area contributed by atoms with Gasteiger partial charge in [0.15, 0.2) is 5.82 Å². The number of aromatic nitrogens is 5. The number of imidazole rings is 2. The van der Waals surface area contributed by atoms with E-state index in [1.54, 1.807) is 42.6 Å². The first kappa shape index (κ1) is 26.8. The van der Waals surface area contributed by atoms with Gasteiger partial charge >= 0.3 is 3.93 Å². The average Bonchev–Trinajstić information content (AvgIpc) is 3.63. The van der Waals surface area contributed by atoms with Crippen LogP contribution in [0.15, 0.2) is 91.1 Å². The van der Waals surface area contributed by atoms with Crippen LogP contribution in [0.4, 0.5) is 20.4 Å². The van der Waals surface area contributed by atoms with Crippen LogP contribution >= 0.6 is 20.7 Å². The van der Waals surface area contributed by atoms with E-state index in [9.17, 15) is 8.78 Å². The zero-order valence-corrected chi connectivity index (χ0v) is 24.1. The molecule has 0 aliphatic rings. The molecule has 0 fully saturated rings. The Bertz CT molecular complexity index is 1850. The van der Waals surface area contributed by atoms with E-state index in [2.05, 4.69) is 53.8 Å². The van der Waals surface area contributed by atoms with Crippen LogP contribution in [0.3, 0.4) is 0 Å². The molecule has 7 nitrogen and oxygen atoms in total. The quantitative estimate of drug-likeness (QED) is 0.107. The fourth-order valence-electron chi connectivity index (χ4n) is 4.43. The molecule has 0 saturated carbocycles. The summed E-state index contributed by atoms with van der Waals surface area (Å²) in [6, 6.07) is 26.0. The summed E-state index contributed by atoms with van der Waals surface area (Å²) in [6.07, 6.45) is 2.51. The van der Waals surface area contributed by atoms with Gasteiger partial charge in [0.1, 0.15) is 22.9 Å². The predicted octanol–water partition coefficient (Wildman–Crippen LogP) is 8.57. The fourth-order valence-corrected chi connectivity index (χ4v) is 5.20. The van der Waals surface area contributed by atoms with E-state index in [1.165, 1.54) is 5.56 Å². The fraction of sp³-hybridized carbons (Fsp3) is 0.0968. The second-order valence-corrected chi connectivity index (χ2v) is 11.3. The van der Waals surface area contributed by atoms with Crippen LogP contribution in [0.5, 0.6) is 11.5 Å². The number of alkyl halides is 3. The minimum atomic E-state index is -3.07. The summed E-state index contributed by atoms with van der Waals surface area (Å²) in [4.78, 5) is 19.6. The third-order valence-electron chi connectivity index (χ3n) is 6.46. The third kappa shape index (κ3) is 5.73. The van der Waals surface area contributed by atoms with E-state index in [4.69, 9.17) is 4.74 Å². The lowest BCUT2D eigenvalue weighted by Crippen LogP contribution is -2.06. The number of pyridine rings is 1. The molecule has 6 aromatic rings. The molecular formula is C31H25F2IN6O. The van der Waals surface area contributed by atoms with E-state index in [0.29, 0.717) is 28.7 Å². The Hall–Kier alpha value is -4.45. The lowest BCUT2D eigenvalue weighted by atomic mass is 10.1. The van der Waals surface area contributed by atoms with Gasteiger partial charge in [-0.3, -0.25) is 4.98 Å². The number of anilines is 2. The zero-order valence-electron chi connectivity index (χ0n) is 22.0. The molecule has 0 bridgehead atoms. The first-order chi connectivity index (χ1) is 19.9. The predicted molar refractivity (Wildman–Crippen MR) is 168 cm³/mol. The molecule has 41 heavy (non-hydrogen) atoms. The highest BCUT2D eigenvalue weighted by Gasteiger charge is 2.35. The molecule has 0 unspecified atom stereocenters. The Morgan fingerprint density at radius 2 is 1.76 bits per heavy atom. The molecule has 0 saturated heterocycles. The minimum Gasteiger partial charge on any atom is -0.457 e.